The summed E-state index contributed by atoms with van der Waals surface area (Å²) in [6.07, 6.45) is 2.13. The van der Waals surface area contributed by atoms with Crippen molar-refractivity contribution in [1.29, 1.82) is 0 Å². The first-order valence-electron chi connectivity index (χ1n) is 6.46. The fourth-order valence-electron chi connectivity index (χ4n) is 2.26. The van der Waals surface area contributed by atoms with E-state index in [1.807, 2.05) is 18.2 Å². The second-order valence-corrected chi connectivity index (χ2v) is 5.11. The van der Waals surface area contributed by atoms with Gasteiger partial charge in [-0.15, -0.1) is 0 Å². The first-order valence-corrected chi connectivity index (χ1v) is 6.46. The van der Waals surface area contributed by atoms with Crippen molar-refractivity contribution in [3.63, 3.8) is 0 Å². The number of azo groups is 1. The summed E-state index contributed by atoms with van der Waals surface area (Å²) in [6.45, 7) is 4.19. The maximum atomic E-state index is 4.46. The van der Waals surface area contributed by atoms with Crippen LogP contribution in [0.1, 0.15) is 23.6 Å². The predicted molar refractivity (Wildman–Crippen MR) is 77.8 cm³/mol. The van der Waals surface area contributed by atoms with Crippen LogP contribution in [0.5, 0.6) is 0 Å². The van der Waals surface area contributed by atoms with E-state index in [2.05, 4.69) is 66.6 Å². The molecule has 3 rings (SSSR count). The molecule has 1 unspecified atom stereocenters. The smallest absolute Gasteiger partial charge is 0.125 e. The van der Waals surface area contributed by atoms with Gasteiger partial charge >= 0.3 is 0 Å². The zero-order valence-electron chi connectivity index (χ0n) is 11.2. The van der Waals surface area contributed by atoms with Crippen LogP contribution in [0.15, 0.2) is 70.9 Å². The van der Waals surface area contributed by atoms with E-state index in [9.17, 15) is 0 Å². The van der Waals surface area contributed by atoms with Crippen LogP contribution >= 0.6 is 0 Å². The lowest BCUT2D eigenvalue weighted by molar-refractivity contribution is 0.621. The Morgan fingerprint density at radius 1 is 0.895 bits per heavy atom. The molecule has 0 aliphatic carbocycles. The highest BCUT2D eigenvalue weighted by atomic mass is 15.2. The normalized spacial score (nSPS) is 21.5. The van der Waals surface area contributed by atoms with E-state index in [0.717, 1.165) is 11.3 Å². The van der Waals surface area contributed by atoms with Gasteiger partial charge in [-0.05, 0) is 25.5 Å². The molecule has 0 saturated carbocycles. The van der Waals surface area contributed by atoms with Crippen molar-refractivity contribution < 1.29 is 0 Å². The standard InChI is InChI=1S/C17H16N2/c1-13-8-10-15(11-9-13)17(2)12-16(18-19-17)14-6-4-3-5-7-14/h3-12H,1-2H3. The Labute approximate surface area is 113 Å². The van der Waals surface area contributed by atoms with Crippen molar-refractivity contribution in [2.75, 3.05) is 0 Å². The topological polar surface area (TPSA) is 24.7 Å². The van der Waals surface area contributed by atoms with Crippen LogP contribution < -0.4 is 0 Å². The van der Waals surface area contributed by atoms with Crippen LogP contribution in [0, 0.1) is 6.92 Å². The highest BCUT2D eigenvalue weighted by Crippen LogP contribution is 2.37. The van der Waals surface area contributed by atoms with Crippen LogP contribution in [-0.4, -0.2) is 0 Å². The Kier molecular flexibility index (Phi) is 2.79. The highest BCUT2D eigenvalue weighted by Gasteiger charge is 2.29. The van der Waals surface area contributed by atoms with E-state index >= 15 is 0 Å². The zero-order chi connectivity index (χ0) is 13.3. The number of rotatable bonds is 2. The molecular weight excluding hydrogens is 232 g/mol. The molecule has 2 aromatic carbocycles. The molecule has 2 aromatic rings. The second kappa shape index (κ2) is 4.47. The predicted octanol–water partition coefficient (Wildman–Crippen LogP) is 4.72. The van der Waals surface area contributed by atoms with Gasteiger partial charge in [0.25, 0.3) is 0 Å². The third kappa shape index (κ3) is 2.22. The van der Waals surface area contributed by atoms with Crippen molar-refractivity contribution >= 4 is 5.70 Å². The number of nitrogens with zero attached hydrogens (tertiary/aromatic N) is 2. The lowest BCUT2D eigenvalue weighted by Crippen LogP contribution is -2.13. The molecule has 0 saturated heterocycles. The summed E-state index contributed by atoms with van der Waals surface area (Å²) in [6, 6.07) is 18.7. The Hall–Kier alpha value is -2.22. The minimum atomic E-state index is -0.348. The molecule has 2 heteroatoms. The quantitative estimate of drug-likeness (QED) is 0.734. The molecule has 0 N–H and O–H groups in total. The summed E-state index contributed by atoms with van der Waals surface area (Å²) in [5, 5.41) is 8.80. The molecule has 1 aliphatic heterocycles. The lowest BCUT2D eigenvalue weighted by atomic mass is 9.91. The molecular formula is C17H16N2. The van der Waals surface area contributed by atoms with E-state index in [1.54, 1.807) is 0 Å². The number of aryl methyl sites for hydroxylation is 1. The molecule has 2 nitrogen and oxygen atoms in total. The van der Waals surface area contributed by atoms with Gasteiger partial charge in [0.15, 0.2) is 0 Å². The highest BCUT2D eigenvalue weighted by molar-refractivity contribution is 5.67. The van der Waals surface area contributed by atoms with Gasteiger partial charge in [-0.25, -0.2) is 0 Å². The summed E-state index contributed by atoms with van der Waals surface area (Å²) in [7, 11) is 0. The summed E-state index contributed by atoms with van der Waals surface area (Å²) in [5.74, 6) is 0. The van der Waals surface area contributed by atoms with Crippen LogP contribution in [0.2, 0.25) is 0 Å². The monoisotopic (exact) mass is 248 g/mol. The van der Waals surface area contributed by atoms with Crippen molar-refractivity contribution in [3.8, 4) is 0 Å². The summed E-state index contributed by atoms with van der Waals surface area (Å²) >= 11 is 0. The van der Waals surface area contributed by atoms with Crippen LogP contribution in [-0.2, 0) is 5.54 Å². The molecule has 94 valence electrons. The average Bonchev–Trinajstić information content (AvgIpc) is 2.84. The summed E-state index contributed by atoms with van der Waals surface area (Å²) < 4.78 is 0. The van der Waals surface area contributed by atoms with Gasteiger partial charge in [-0.1, -0.05) is 60.2 Å². The molecule has 0 radical (unpaired) electrons. The fraction of sp³-hybridized carbons (Fsp3) is 0.176. The average molecular weight is 248 g/mol. The Morgan fingerprint density at radius 3 is 2.26 bits per heavy atom. The van der Waals surface area contributed by atoms with Gasteiger partial charge in [0.2, 0.25) is 0 Å². The van der Waals surface area contributed by atoms with Gasteiger partial charge in [-0.3, -0.25) is 0 Å². The molecule has 19 heavy (non-hydrogen) atoms. The third-order valence-electron chi connectivity index (χ3n) is 3.49. The number of benzene rings is 2. The second-order valence-electron chi connectivity index (χ2n) is 5.11. The van der Waals surface area contributed by atoms with Crippen LogP contribution in [0.3, 0.4) is 0 Å². The first kappa shape index (κ1) is 11.8. The van der Waals surface area contributed by atoms with Crippen LogP contribution in [0.25, 0.3) is 5.70 Å². The summed E-state index contributed by atoms with van der Waals surface area (Å²) in [4.78, 5) is 0. The SMILES string of the molecule is Cc1ccc(C2(C)C=C(c3ccccc3)N=N2)cc1. The third-order valence-corrected chi connectivity index (χ3v) is 3.49. The molecule has 1 atom stereocenters. The molecule has 1 aliphatic rings. The Bertz CT molecular complexity index is 639. The van der Waals surface area contributed by atoms with Gasteiger partial charge in [0.1, 0.15) is 5.54 Å². The number of hydrogen-bond donors (Lipinski definition) is 0. The van der Waals surface area contributed by atoms with Crippen molar-refractivity contribution in [2.45, 2.75) is 19.4 Å². The van der Waals surface area contributed by atoms with Crippen molar-refractivity contribution in [3.05, 3.63) is 77.4 Å². The lowest BCUT2D eigenvalue weighted by Gasteiger charge is -2.16. The van der Waals surface area contributed by atoms with Gasteiger partial charge in [-0.2, -0.15) is 10.2 Å². The minimum absolute atomic E-state index is 0.348. The summed E-state index contributed by atoms with van der Waals surface area (Å²) in [5.41, 5.74) is 4.15. The first-order chi connectivity index (χ1) is 9.17. The molecule has 1 heterocycles. The van der Waals surface area contributed by atoms with Gasteiger partial charge in [0.05, 0.1) is 5.70 Å². The fourth-order valence-corrected chi connectivity index (χ4v) is 2.26. The largest absolute Gasteiger partial charge is 0.173 e. The molecule has 0 fully saturated rings. The zero-order valence-corrected chi connectivity index (χ0v) is 11.2. The molecule has 0 bridgehead atoms. The molecule has 0 spiro atoms. The van der Waals surface area contributed by atoms with Gasteiger partial charge < -0.3 is 0 Å². The van der Waals surface area contributed by atoms with E-state index < -0.39 is 0 Å². The van der Waals surface area contributed by atoms with E-state index in [-0.39, 0.29) is 5.54 Å². The Balaban J connectivity index is 1.98. The number of hydrogen-bond acceptors (Lipinski definition) is 2. The maximum Gasteiger partial charge on any atom is 0.125 e. The minimum Gasteiger partial charge on any atom is -0.173 e. The molecule has 0 amide bonds. The van der Waals surface area contributed by atoms with E-state index in [1.165, 1.54) is 11.1 Å². The van der Waals surface area contributed by atoms with Crippen LogP contribution in [0.4, 0.5) is 0 Å². The van der Waals surface area contributed by atoms with E-state index in [0.29, 0.717) is 0 Å². The van der Waals surface area contributed by atoms with Crippen molar-refractivity contribution in [1.82, 2.24) is 0 Å². The Morgan fingerprint density at radius 2 is 1.58 bits per heavy atom. The van der Waals surface area contributed by atoms with Gasteiger partial charge in [0, 0.05) is 5.56 Å². The van der Waals surface area contributed by atoms with E-state index in [4.69, 9.17) is 0 Å². The molecule has 0 aromatic heterocycles. The van der Waals surface area contributed by atoms with Crippen molar-refractivity contribution in [2.24, 2.45) is 10.2 Å². The maximum absolute atomic E-state index is 4.46.